The molecule has 0 spiro atoms. The molecule has 3 aromatic rings. The summed E-state index contributed by atoms with van der Waals surface area (Å²) in [6.07, 6.45) is 0. The van der Waals surface area contributed by atoms with Gasteiger partial charge in [0.15, 0.2) is 5.88 Å². The van der Waals surface area contributed by atoms with E-state index in [-0.39, 0.29) is 11.8 Å². The molecule has 1 aliphatic heterocycles. The van der Waals surface area contributed by atoms with Gasteiger partial charge in [-0.1, -0.05) is 36.4 Å². The Labute approximate surface area is 151 Å². The standard InChI is InChI=1S/C20H19N3O3/c1-13-21-16-8-5-9-18(26-12-14-6-3-2-4-7-14)15(16)11-23(13)17-10-19(24)22-20(17)25/h2-10,22,24-25H,11-12H2,1H3. The van der Waals surface area contributed by atoms with Gasteiger partial charge in [-0.05, 0) is 24.6 Å². The van der Waals surface area contributed by atoms with Gasteiger partial charge in [0.25, 0.3) is 0 Å². The topological polar surface area (TPSA) is 81.1 Å². The van der Waals surface area contributed by atoms with E-state index in [1.54, 1.807) is 0 Å². The van der Waals surface area contributed by atoms with Crippen LogP contribution in [0, 0.1) is 0 Å². The fraction of sp³-hybridized carbons (Fsp3) is 0.150. The minimum absolute atomic E-state index is 0.0929. The normalized spacial score (nSPS) is 13.3. The van der Waals surface area contributed by atoms with Crippen LogP contribution in [0.1, 0.15) is 18.1 Å². The van der Waals surface area contributed by atoms with E-state index in [1.807, 2.05) is 60.4 Å². The Bertz CT molecular complexity index is 964. The molecule has 0 radical (unpaired) electrons. The van der Waals surface area contributed by atoms with Crippen LogP contribution in [-0.2, 0) is 13.2 Å². The highest BCUT2D eigenvalue weighted by molar-refractivity contribution is 6.00. The number of benzene rings is 2. The zero-order valence-electron chi connectivity index (χ0n) is 14.3. The molecule has 0 atom stereocenters. The van der Waals surface area contributed by atoms with E-state index in [4.69, 9.17) is 4.74 Å². The first kappa shape index (κ1) is 16.1. The number of hydrogen-bond acceptors (Lipinski definition) is 5. The Kier molecular flexibility index (Phi) is 4.01. The Balaban J connectivity index is 1.64. The molecule has 0 bridgehead atoms. The lowest BCUT2D eigenvalue weighted by Gasteiger charge is -2.29. The lowest BCUT2D eigenvalue weighted by Crippen LogP contribution is -2.30. The molecule has 6 nitrogen and oxygen atoms in total. The summed E-state index contributed by atoms with van der Waals surface area (Å²) in [6, 6.07) is 17.2. The summed E-state index contributed by atoms with van der Waals surface area (Å²) < 4.78 is 6.03. The van der Waals surface area contributed by atoms with Crippen molar-refractivity contribution in [2.75, 3.05) is 4.90 Å². The summed E-state index contributed by atoms with van der Waals surface area (Å²) in [4.78, 5) is 8.96. The first-order chi connectivity index (χ1) is 12.6. The van der Waals surface area contributed by atoms with Gasteiger partial charge in [0.2, 0.25) is 5.88 Å². The fourth-order valence-corrected chi connectivity index (χ4v) is 3.08. The third kappa shape index (κ3) is 2.97. The number of nitrogens with one attached hydrogen (secondary N) is 1. The zero-order chi connectivity index (χ0) is 18.1. The van der Waals surface area contributed by atoms with Crippen LogP contribution in [0.4, 0.5) is 11.4 Å². The molecule has 1 aromatic heterocycles. The minimum atomic E-state index is -0.0943. The average molecular weight is 349 g/mol. The van der Waals surface area contributed by atoms with Crippen molar-refractivity contribution in [3.8, 4) is 17.5 Å². The van der Waals surface area contributed by atoms with Crippen molar-refractivity contribution < 1.29 is 14.9 Å². The molecular formula is C20H19N3O3. The number of aromatic hydroxyl groups is 2. The second kappa shape index (κ2) is 6.48. The maximum absolute atomic E-state index is 10.0. The molecule has 0 fully saturated rings. The van der Waals surface area contributed by atoms with Crippen LogP contribution in [-0.4, -0.2) is 21.0 Å². The Morgan fingerprint density at radius 2 is 1.92 bits per heavy atom. The van der Waals surface area contributed by atoms with E-state index < -0.39 is 0 Å². The first-order valence-corrected chi connectivity index (χ1v) is 8.34. The van der Waals surface area contributed by atoms with Gasteiger partial charge in [-0.15, -0.1) is 0 Å². The minimum Gasteiger partial charge on any atom is -0.494 e. The molecule has 3 N–H and O–H groups in total. The van der Waals surface area contributed by atoms with Gasteiger partial charge in [-0.25, -0.2) is 4.99 Å². The lowest BCUT2D eigenvalue weighted by molar-refractivity contribution is 0.303. The van der Waals surface area contributed by atoms with E-state index in [2.05, 4.69) is 9.98 Å². The van der Waals surface area contributed by atoms with Crippen molar-refractivity contribution >= 4 is 17.2 Å². The molecule has 132 valence electrons. The first-order valence-electron chi connectivity index (χ1n) is 8.34. The highest BCUT2D eigenvalue weighted by Gasteiger charge is 2.24. The Morgan fingerprint density at radius 1 is 1.12 bits per heavy atom. The number of nitrogens with zero attached hydrogens (tertiary/aromatic N) is 2. The average Bonchev–Trinajstić information content (AvgIpc) is 2.98. The van der Waals surface area contributed by atoms with Gasteiger partial charge in [0.1, 0.15) is 23.9 Å². The second-order valence-electron chi connectivity index (χ2n) is 6.16. The summed E-state index contributed by atoms with van der Waals surface area (Å²) in [5.41, 5.74) is 3.36. The maximum Gasteiger partial charge on any atom is 0.215 e. The Morgan fingerprint density at radius 3 is 2.65 bits per heavy atom. The molecule has 0 saturated carbocycles. The monoisotopic (exact) mass is 349 g/mol. The SMILES string of the molecule is CC1=Nc2cccc(OCc3ccccc3)c2CN1c1cc(O)[nH]c1O. The van der Waals surface area contributed by atoms with Gasteiger partial charge in [-0.2, -0.15) is 0 Å². The largest absolute Gasteiger partial charge is 0.494 e. The van der Waals surface area contributed by atoms with Gasteiger partial charge in [-0.3, -0.25) is 4.98 Å². The van der Waals surface area contributed by atoms with E-state index in [0.717, 1.165) is 28.4 Å². The van der Waals surface area contributed by atoms with E-state index in [1.165, 1.54) is 6.07 Å². The molecule has 6 heteroatoms. The van der Waals surface area contributed by atoms with Gasteiger partial charge < -0.3 is 19.8 Å². The molecule has 4 rings (SSSR count). The molecule has 0 unspecified atom stereocenters. The van der Waals surface area contributed by atoms with Crippen molar-refractivity contribution in [1.82, 2.24) is 4.98 Å². The van der Waals surface area contributed by atoms with E-state index in [0.29, 0.717) is 18.8 Å². The van der Waals surface area contributed by atoms with Crippen LogP contribution in [0.25, 0.3) is 0 Å². The number of aromatic amines is 1. The highest BCUT2D eigenvalue weighted by Crippen LogP contribution is 2.39. The highest BCUT2D eigenvalue weighted by atomic mass is 16.5. The molecule has 0 amide bonds. The van der Waals surface area contributed by atoms with Gasteiger partial charge in [0, 0.05) is 11.6 Å². The summed E-state index contributed by atoms with van der Waals surface area (Å²) >= 11 is 0. The molecule has 2 heterocycles. The van der Waals surface area contributed by atoms with Crippen LogP contribution < -0.4 is 9.64 Å². The van der Waals surface area contributed by atoms with Crippen molar-refractivity contribution in [3.05, 3.63) is 65.7 Å². The predicted molar refractivity (Wildman–Crippen MR) is 100 cm³/mol. The van der Waals surface area contributed by atoms with Crippen molar-refractivity contribution in [3.63, 3.8) is 0 Å². The van der Waals surface area contributed by atoms with E-state index in [9.17, 15) is 10.2 Å². The maximum atomic E-state index is 10.0. The fourth-order valence-electron chi connectivity index (χ4n) is 3.08. The zero-order valence-corrected chi connectivity index (χ0v) is 14.3. The number of fused-ring (bicyclic) bond motifs is 1. The number of aromatic nitrogens is 1. The molecular weight excluding hydrogens is 330 g/mol. The molecule has 0 aliphatic carbocycles. The molecule has 1 aliphatic rings. The molecule has 0 saturated heterocycles. The van der Waals surface area contributed by atoms with Gasteiger partial charge >= 0.3 is 0 Å². The van der Waals surface area contributed by atoms with Crippen molar-refractivity contribution in [1.29, 1.82) is 0 Å². The van der Waals surface area contributed by atoms with Crippen LogP contribution >= 0.6 is 0 Å². The number of rotatable bonds is 4. The second-order valence-corrected chi connectivity index (χ2v) is 6.16. The van der Waals surface area contributed by atoms with Crippen LogP contribution in [0.15, 0.2) is 59.6 Å². The lowest BCUT2D eigenvalue weighted by atomic mass is 10.1. The third-order valence-corrected chi connectivity index (χ3v) is 4.39. The van der Waals surface area contributed by atoms with Crippen molar-refractivity contribution in [2.24, 2.45) is 4.99 Å². The van der Waals surface area contributed by atoms with E-state index >= 15 is 0 Å². The summed E-state index contributed by atoms with van der Waals surface area (Å²) in [5.74, 6) is 1.30. The smallest absolute Gasteiger partial charge is 0.215 e. The third-order valence-electron chi connectivity index (χ3n) is 4.39. The van der Waals surface area contributed by atoms with Crippen LogP contribution in [0.2, 0.25) is 0 Å². The molecule has 2 aromatic carbocycles. The number of amidine groups is 1. The number of hydrogen-bond donors (Lipinski definition) is 3. The quantitative estimate of drug-likeness (QED) is 0.663. The summed E-state index contributed by atoms with van der Waals surface area (Å²) in [5, 5.41) is 19.6. The summed E-state index contributed by atoms with van der Waals surface area (Å²) in [7, 11) is 0. The number of anilines is 1. The number of ether oxygens (including phenoxy) is 1. The Hall–Kier alpha value is -3.41. The van der Waals surface area contributed by atoms with Crippen LogP contribution in [0.5, 0.6) is 17.5 Å². The predicted octanol–water partition coefficient (Wildman–Crippen LogP) is 4.08. The molecule has 26 heavy (non-hydrogen) atoms. The van der Waals surface area contributed by atoms with Crippen LogP contribution in [0.3, 0.4) is 0 Å². The van der Waals surface area contributed by atoms with Gasteiger partial charge in [0.05, 0.1) is 12.2 Å². The summed E-state index contributed by atoms with van der Waals surface area (Å²) in [6.45, 7) is 2.82. The van der Waals surface area contributed by atoms with Crippen molar-refractivity contribution in [2.45, 2.75) is 20.1 Å². The number of H-pyrrole nitrogens is 1. The number of aliphatic imine (C=N–C) groups is 1.